The number of hydrogen-bond acceptors (Lipinski definition) is 6. The number of rotatable bonds is 6. The number of amides is 1. The summed E-state index contributed by atoms with van der Waals surface area (Å²) in [7, 11) is 0. The quantitative estimate of drug-likeness (QED) is 0.236. The van der Waals surface area contributed by atoms with E-state index < -0.39 is 0 Å². The Kier molecular flexibility index (Phi) is 5.92. The van der Waals surface area contributed by atoms with Gasteiger partial charge in [-0.25, -0.2) is 9.37 Å². The zero-order chi connectivity index (χ0) is 24.5. The maximum Gasteiger partial charge on any atom is 0.242 e. The molecule has 3 aromatic heterocycles. The van der Waals surface area contributed by atoms with E-state index in [1.807, 2.05) is 66.0 Å². The van der Waals surface area contributed by atoms with E-state index in [9.17, 15) is 9.18 Å². The van der Waals surface area contributed by atoms with E-state index in [1.165, 1.54) is 35.2 Å². The molecule has 6 nitrogen and oxygen atoms in total. The van der Waals surface area contributed by atoms with Crippen molar-refractivity contribution in [2.45, 2.75) is 5.16 Å². The maximum atomic E-state index is 13.5. The van der Waals surface area contributed by atoms with Crippen LogP contribution in [0.1, 0.15) is 0 Å². The van der Waals surface area contributed by atoms with E-state index in [1.54, 1.807) is 27.8 Å². The first-order chi connectivity index (χ1) is 17.7. The topological polar surface area (TPSA) is 63.4 Å². The highest BCUT2D eigenvalue weighted by Crippen LogP contribution is 2.36. The highest BCUT2D eigenvalue weighted by Gasteiger charge is 2.21. The number of thioether (sulfide) groups is 1. The Balaban J connectivity index is 1.32. The van der Waals surface area contributed by atoms with Gasteiger partial charge in [-0.2, -0.15) is 0 Å². The van der Waals surface area contributed by atoms with Gasteiger partial charge in [0.05, 0.1) is 11.1 Å². The van der Waals surface area contributed by atoms with Crippen molar-refractivity contribution in [1.29, 1.82) is 0 Å². The van der Waals surface area contributed by atoms with Crippen molar-refractivity contribution in [3.63, 3.8) is 0 Å². The van der Waals surface area contributed by atoms with Gasteiger partial charge in [0.15, 0.2) is 10.8 Å². The van der Waals surface area contributed by atoms with Gasteiger partial charge in [0.25, 0.3) is 0 Å². The molecule has 0 unspecified atom stereocenters. The standard InChI is InChI=1S/C27H18FN5OS2/c28-19-13-11-18(12-14-19)22-15-35-26-24(22)25-30-31-27(32(25)17-29-26)36-16-23(34)33(20-7-3-1-4-8-20)21-9-5-2-6-10-21/h1-15,17H,16H2. The first kappa shape index (κ1) is 22.4. The Morgan fingerprint density at radius 3 is 2.25 bits per heavy atom. The normalized spacial score (nSPS) is 11.2. The van der Waals surface area contributed by atoms with E-state index in [2.05, 4.69) is 15.2 Å². The summed E-state index contributed by atoms with van der Waals surface area (Å²) < 4.78 is 15.3. The van der Waals surface area contributed by atoms with Gasteiger partial charge in [-0.15, -0.1) is 21.5 Å². The van der Waals surface area contributed by atoms with Crippen molar-refractivity contribution in [2.75, 3.05) is 10.7 Å². The lowest BCUT2D eigenvalue weighted by Crippen LogP contribution is -2.27. The maximum absolute atomic E-state index is 13.5. The summed E-state index contributed by atoms with van der Waals surface area (Å²) >= 11 is 2.81. The summed E-state index contributed by atoms with van der Waals surface area (Å²) in [6, 6.07) is 25.5. The molecule has 3 aromatic carbocycles. The van der Waals surface area contributed by atoms with Crippen molar-refractivity contribution in [3.8, 4) is 11.1 Å². The summed E-state index contributed by atoms with van der Waals surface area (Å²) in [4.78, 5) is 20.5. The van der Waals surface area contributed by atoms with Gasteiger partial charge in [-0.1, -0.05) is 60.3 Å². The molecular formula is C27H18FN5OS2. The highest BCUT2D eigenvalue weighted by atomic mass is 32.2. The molecular weight excluding hydrogens is 493 g/mol. The number of aromatic nitrogens is 4. The molecule has 9 heteroatoms. The molecule has 6 rings (SSSR count). The third kappa shape index (κ3) is 4.12. The van der Waals surface area contributed by atoms with E-state index in [4.69, 9.17) is 0 Å². The number of carbonyl (C=O) groups excluding carboxylic acids is 1. The monoisotopic (exact) mass is 511 g/mol. The van der Waals surface area contributed by atoms with Crippen molar-refractivity contribution in [1.82, 2.24) is 19.6 Å². The van der Waals surface area contributed by atoms with Gasteiger partial charge in [0, 0.05) is 22.3 Å². The van der Waals surface area contributed by atoms with Gasteiger partial charge in [-0.05, 0) is 42.0 Å². The average Bonchev–Trinajstić information content (AvgIpc) is 3.53. The Bertz CT molecular complexity index is 1630. The van der Waals surface area contributed by atoms with Crippen molar-refractivity contribution in [3.05, 3.63) is 102 Å². The molecule has 3 heterocycles. The molecule has 0 N–H and O–H groups in total. The summed E-state index contributed by atoms with van der Waals surface area (Å²) in [6.45, 7) is 0. The first-order valence-electron chi connectivity index (χ1n) is 11.1. The zero-order valence-corrected chi connectivity index (χ0v) is 20.4. The molecule has 0 aliphatic heterocycles. The predicted molar refractivity (Wildman–Crippen MR) is 142 cm³/mol. The number of para-hydroxylation sites is 2. The van der Waals surface area contributed by atoms with Crippen molar-refractivity contribution >= 4 is 56.2 Å². The van der Waals surface area contributed by atoms with Crippen LogP contribution in [0, 0.1) is 5.82 Å². The first-order valence-corrected chi connectivity index (χ1v) is 13.0. The molecule has 0 aliphatic carbocycles. The fourth-order valence-corrected chi connectivity index (χ4v) is 5.71. The average molecular weight is 512 g/mol. The summed E-state index contributed by atoms with van der Waals surface area (Å²) in [6.07, 6.45) is 1.68. The molecule has 0 spiro atoms. The van der Waals surface area contributed by atoms with Crippen LogP contribution in [0.5, 0.6) is 0 Å². The molecule has 36 heavy (non-hydrogen) atoms. The second-order valence-electron chi connectivity index (χ2n) is 7.95. The minimum atomic E-state index is -0.285. The van der Waals surface area contributed by atoms with Gasteiger partial charge in [-0.3, -0.25) is 14.1 Å². The Morgan fingerprint density at radius 2 is 1.58 bits per heavy atom. The lowest BCUT2D eigenvalue weighted by atomic mass is 10.1. The lowest BCUT2D eigenvalue weighted by Gasteiger charge is -2.22. The van der Waals surface area contributed by atoms with Crippen LogP contribution in [-0.4, -0.2) is 31.2 Å². The lowest BCUT2D eigenvalue weighted by molar-refractivity contribution is -0.115. The van der Waals surface area contributed by atoms with Gasteiger partial charge in [0.2, 0.25) is 5.91 Å². The second-order valence-corrected chi connectivity index (χ2v) is 9.75. The molecule has 0 saturated carbocycles. The summed E-state index contributed by atoms with van der Waals surface area (Å²) in [5.74, 6) is -0.199. The fourth-order valence-electron chi connectivity index (χ4n) is 4.04. The second kappa shape index (κ2) is 9.52. The summed E-state index contributed by atoms with van der Waals surface area (Å²) in [5, 5.41) is 12.2. The predicted octanol–water partition coefficient (Wildman–Crippen LogP) is 6.60. The zero-order valence-electron chi connectivity index (χ0n) is 18.8. The van der Waals surface area contributed by atoms with Crippen molar-refractivity contribution < 1.29 is 9.18 Å². The van der Waals surface area contributed by atoms with Crippen LogP contribution < -0.4 is 4.90 Å². The van der Waals surface area contributed by atoms with E-state index in [0.29, 0.717) is 10.8 Å². The van der Waals surface area contributed by atoms with Crippen LogP contribution in [0.25, 0.3) is 27.0 Å². The van der Waals surface area contributed by atoms with E-state index in [0.717, 1.165) is 32.7 Å². The molecule has 0 atom stereocenters. The number of benzene rings is 3. The Morgan fingerprint density at radius 1 is 0.917 bits per heavy atom. The molecule has 6 aromatic rings. The van der Waals surface area contributed by atoms with Gasteiger partial charge < -0.3 is 0 Å². The van der Waals surface area contributed by atoms with Crippen LogP contribution in [-0.2, 0) is 4.79 Å². The number of hydrogen-bond donors (Lipinski definition) is 0. The fraction of sp³-hybridized carbons (Fsp3) is 0.0370. The largest absolute Gasteiger partial charge is 0.280 e. The number of carbonyl (C=O) groups is 1. The van der Waals surface area contributed by atoms with Crippen LogP contribution in [0.2, 0.25) is 0 Å². The van der Waals surface area contributed by atoms with Gasteiger partial charge >= 0.3 is 0 Å². The SMILES string of the molecule is O=C(CSc1nnc2c3c(-c4ccc(F)cc4)csc3ncn12)N(c1ccccc1)c1ccccc1. The molecule has 0 saturated heterocycles. The minimum absolute atomic E-state index is 0.0780. The molecule has 176 valence electrons. The van der Waals surface area contributed by atoms with Crippen LogP contribution in [0.15, 0.2) is 102 Å². The number of nitrogens with zero attached hydrogens (tertiary/aromatic N) is 5. The van der Waals surface area contributed by atoms with Crippen LogP contribution in [0.4, 0.5) is 15.8 Å². The number of anilines is 2. The molecule has 1 amide bonds. The number of fused-ring (bicyclic) bond motifs is 3. The van der Waals surface area contributed by atoms with E-state index in [-0.39, 0.29) is 17.5 Å². The minimum Gasteiger partial charge on any atom is -0.280 e. The summed E-state index contributed by atoms with van der Waals surface area (Å²) in [5.41, 5.74) is 4.05. The van der Waals surface area contributed by atoms with Gasteiger partial charge in [0.1, 0.15) is 17.0 Å². The Hall–Kier alpha value is -4.08. The van der Waals surface area contributed by atoms with Crippen LogP contribution in [0.3, 0.4) is 0 Å². The Labute approximate surface area is 214 Å². The molecule has 0 fully saturated rings. The number of thiophene rings is 1. The molecule has 0 radical (unpaired) electrons. The third-order valence-electron chi connectivity index (χ3n) is 5.71. The molecule has 0 bridgehead atoms. The third-order valence-corrected chi connectivity index (χ3v) is 7.52. The van der Waals surface area contributed by atoms with Crippen LogP contribution >= 0.6 is 23.1 Å². The highest BCUT2D eigenvalue weighted by molar-refractivity contribution is 7.99. The number of halogens is 1. The smallest absolute Gasteiger partial charge is 0.242 e. The van der Waals surface area contributed by atoms with E-state index >= 15 is 0 Å². The molecule has 0 aliphatic rings. The van der Waals surface area contributed by atoms with Crippen molar-refractivity contribution in [2.24, 2.45) is 0 Å².